The molecule has 0 aliphatic rings. The molecule has 31 heavy (non-hydrogen) atoms. The Morgan fingerprint density at radius 3 is 2.29 bits per heavy atom. The van der Waals surface area contributed by atoms with Gasteiger partial charge in [-0.15, -0.1) is 11.6 Å². The summed E-state index contributed by atoms with van der Waals surface area (Å²) >= 11 is 5.44. The number of aromatic nitrogens is 1. The number of alkyl halides is 1. The van der Waals surface area contributed by atoms with Crippen LogP contribution in [0.5, 0.6) is 0 Å². The lowest BCUT2D eigenvalue weighted by molar-refractivity contribution is -0.142. The maximum Gasteiger partial charge on any atom is 0.320 e. The standard InChI is InChI=1S/C26H22ClNO3/c27-17-24(29)31-16-15-30-14-13-28-23-12-10-18-5-1-3-7-20(18)25(23)22-11-9-19-6-2-4-8-21(19)26(22)28/h1-12H,13-17H2. The second kappa shape index (κ2) is 8.58. The van der Waals surface area contributed by atoms with Gasteiger partial charge < -0.3 is 14.0 Å². The lowest BCUT2D eigenvalue weighted by Gasteiger charge is -2.10. The Kier molecular flexibility index (Phi) is 5.49. The van der Waals surface area contributed by atoms with E-state index < -0.39 is 5.97 Å². The summed E-state index contributed by atoms with van der Waals surface area (Å²) in [5.41, 5.74) is 2.42. The van der Waals surface area contributed by atoms with Crippen LogP contribution in [0.3, 0.4) is 0 Å². The summed E-state index contributed by atoms with van der Waals surface area (Å²) in [5.74, 6) is -0.562. The number of carbonyl (C=O) groups excluding carboxylic acids is 1. The summed E-state index contributed by atoms with van der Waals surface area (Å²) in [6.07, 6.45) is 0. The van der Waals surface area contributed by atoms with Crippen LogP contribution in [0.2, 0.25) is 0 Å². The van der Waals surface area contributed by atoms with Crippen molar-refractivity contribution in [1.29, 1.82) is 0 Å². The van der Waals surface area contributed by atoms with Crippen LogP contribution >= 0.6 is 11.6 Å². The molecule has 0 saturated heterocycles. The van der Waals surface area contributed by atoms with E-state index in [1.807, 2.05) is 0 Å². The summed E-state index contributed by atoms with van der Waals surface area (Å²) in [5, 5.41) is 7.47. The predicted molar refractivity (Wildman–Crippen MR) is 127 cm³/mol. The summed E-state index contributed by atoms with van der Waals surface area (Å²) in [7, 11) is 0. The van der Waals surface area contributed by atoms with Gasteiger partial charge in [-0.3, -0.25) is 4.79 Å². The fourth-order valence-corrected chi connectivity index (χ4v) is 4.46. The van der Waals surface area contributed by atoms with E-state index in [1.54, 1.807) is 0 Å². The van der Waals surface area contributed by atoms with Crippen LogP contribution in [0, 0.1) is 0 Å². The fourth-order valence-electron chi connectivity index (χ4n) is 4.38. The van der Waals surface area contributed by atoms with Crippen molar-refractivity contribution < 1.29 is 14.3 Å². The Morgan fingerprint density at radius 1 is 0.774 bits per heavy atom. The second-order valence-corrected chi connectivity index (χ2v) is 7.75. The first kappa shape index (κ1) is 19.9. The SMILES string of the molecule is O=C(CCl)OCCOCCn1c2ccc3ccccc3c2c2ccc3ccccc3c21. The number of carbonyl (C=O) groups is 1. The fraction of sp³-hybridized carbons (Fsp3) is 0.192. The van der Waals surface area contributed by atoms with Gasteiger partial charge in [-0.05, 0) is 22.2 Å². The van der Waals surface area contributed by atoms with E-state index >= 15 is 0 Å². The molecule has 0 radical (unpaired) electrons. The van der Waals surface area contributed by atoms with Crippen molar-refractivity contribution in [1.82, 2.24) is 4.57 Å². The van der Waals surface area contributed by atoms with E-state index in [0.29, 0.717) is 19.8 Å². The minimum atomic E-state index is -0.425. The smallest absolute Gasteiger partial charge is 0.320 e. The Hall–Kier alpha value is -3.08. The van der Waals surface area contributed by atoms with Crippen LogP contribution < -0.4 is 0 Å². The highest BCUT2D eigenvalue weighted by molar-refractivity contribution is 6.26. The Labute approximate surface area is 184 Å². The number of hydrogen-bond donors (Lipinski definition) is 0. The molecule has 1 aromatic heterocycles. The number of rotatable bonds is 7. The molecule has 0 atom stereocenters. The average Bonchev–Trinajstić information content (AvgIpc) is 3.15. The van der Waals surface area contributed by atoms with Crippen molar-refractivity contribution in [3.8, 4) is 0 Å². The highest BCUT2D eigenvalue weighted by Gasteiger charge is 2.15. The third-order valence-corrected chi connectivity index (χ3v) is 5.91. The van der Waals surface area contributed by atoms with Crippen molar-refractivity contribution in [2.24, 2.45) is 0 Å². The van der Waals surface area contributed by atoms with Gasteiger partial charge in [-0.1, -0.05) is 66.7 Å². The van der Waals surface area contributed by atoms with Gasteiger partial charge in [-0.2, -0.15) is 0 Å². The normalized spacial score (nSPS) is 11.6. The van der Waals surface area contributed by atoms with Gasteiger partial charge in [-0.25, -0.2) is 0 Å². The van der Waals surface area contributed by atoms with Gasteiger partial charge in [0.05, 0.1) is 18.7 Å². The highest BCUT2D eigenvalue weighted by atomic mass is 35.5. The quantitative estimate of drug-likeness (QED) is 0.183. The highest BCUT2D eigenvalue weighted by Crippen LogP contribution is 2.38. The van der Waals surface area contributed by atoms with E-state index in [9.17, 15) is 4.79 Å². The Balaban J connectivity index is 1.57. The lowest BCUT2D eigenvalue weighted by Crippen LogP contribution is -2.13. The number of benzene rings is 4. The van der Waals surface area contributed by atoms with Crippen LogP contribution in [0.4, 0.5) is 0 Å². The second-order valence-electron chi connectivity index (χ2n) is 7.48. The lowest BCUT2D eigenvalue weighted by atomic mass is 10.0. The van der Waals surface area contributed by atoms with Crippen LogP contribution in [0.1, 0.15) is 0 Å². The zero-order chi connectivity index (χ0) is 21.2. The van der Waals surface area contributed by atoms with Gasteiger partial charge in [0.1, 0.15) is 12.5 Å². The summed E-state index contributed by atoms with van der Waals surface area (Å²) in [4.78, 5) is 11.1. The molecule has 0 spiro atoms. The van der Waals surface area contributed by atoms with E-state index in [1.165, 1.54) is 43.4 Å². The number of fused-ring (bicyclic) bond motifs is 7. The molecule has 5 rings (SSSR count). The van der Waals surface area contributed by atoms with E-state index in [4.69, 9.17) is 21.1 Å². The minimum Gasteiger partial charge on any atom is -0.462 e. The maximum absolute atomic E-state index is 11.1. The molecule has 1 heterocycles. The van der Waals surface area contributed by atoms with Gasteiger partial charge in [0, 0.05) is 28.2 Å². The molecule has 0 amide bonds. The molecular formula is C26H22ClNO3. The molecule has 156 valence electrons. The third-order valence-electron chi connectivity index (χ3n) is 5.70. The average molecular weight is 432 g/mol. The van der Waals surface area contributed by atoms with Crippen molar-refractivity contribution >= 4 is 60.9 Å². The number of nitrogens with zero attached hydrogens (tertiary/aromatic N) is 1. The number of hydrogen-bond acceptors (Lipinski definition) is 3. The van der Waals surface area contributed by atoms with Crippen LogP contribution in [0.25, 0.3) is 43.4 Å². The number of esters is 1. The van der Waals surface area contributed by atoms with Crippen molar-refractivity contribution in [2.75, 3.05) is 25.7 Å². The molecule has 4 aromatic carbocycles. The topological polar surface area (TPSA) is 40.5 Å². The van der Waals surface area contributed by atoms with Crippen LogP contribution in [0.15, 0.2) is 72.8 Å². The molecule has 0 aliphatic heterocycles. The molecule has 0 fully saturated rings. The maximum atomic E-state index is 11.1. The van der Waals surface area contributed by atoms with E-state index in [-0.39, 0.29) is 12.5 Å². The molecular weight excluding hydrogens is 410 g/mol. The van der Waals surface area contributed by atoms with Gasteiger partial charge >= 0.3 is 5.97 Å². The van der Waals surface area contributed by atoms with Crippen molar-refractivity contribution in [3.63, 3.8) is 0 Å². The first-order valence-electron chi connectivity index (χ1n) is 10.4. The molecule has 0 bridgehead atoms. The number of ether oxygens (including phenoxy) is 2. The van der Waals surface area contributed by atoms with Gasteiger partial charge in [0.25, 0.3) is 0 Å². The molecule has 5 aromatic rings. The van der Waals surface area contributed by atoms with Crippen LogP contribution in [-0.2, 0) is 20.8 Å². The zero-order valence-corrected chi connectivity index (χ0v) is 17.8. The molecule has 5 heteroatoms. The zero-order valence-electron chi connectivity index (χ0n) is 17.0. The molecule has 0 saturated carbocycles. The summed E-state index contributed by atoms with van der Waals surface area (Å²) in [6.45, 7) is 1.79. The largest absolute Gasteiger partial charge is 0.462 e. The minimum absolute atomic E-state index is 0.137. The summed E-state index contributed by atoms with van der Waals surface area (Å²) < 4.78 is 13.1. The molecule has 0 aliphatic carbocycles. The third kappa shape index (κ3) is 3.62. The summed E-state index contributed by atoms with van der Waals surface area (Å²) in [6, 6.07) is 25.8. The first-order chi connectivity index (χ1) is 15.3. The molecule has 4 nitrogen and oxygen atoms in total. The van der Waals surface area contributed by atoms with Crippen molar-refractivity contribution in [2.45, 2.75) is 6.54 Å². The van der Waals surface area contributed by atoms with Gasteiger partial charge in [0.15, 0.2) is 0 Å². The predicted octanol–water partition coefficient (Wildman–Crippen LogP) is 5.90. The Bertz CT molecular complexity index is 1410. The van der Waals surface area contributed by atoms with E-state index in [2.05, 4.69) is 77.4 Å². The van der Waals surface area contributed by atoms with Crippen LogP contribution in [-0.4, -0.2) is 36.2 Å². The Morgan fingerprint density at radius 2 is 1.48 bits per heavy atom. The molecule has 0 unspecified atom stereocenters. The van der Waals surface area contributed by atoms with Gasteiger partial charge in [0.2, 0.25) is 0 Å². The van der Waals surface area contributed by atoms with Crippen molar-refractivity contribution in [3.05, 3.63) is 72.8 Å². The number of halogens is 1. The molecule has 0 N–H and O–H groups in total. The first-order valence-corrected chi connectivity index (χ1v) is 10.9. The van der Waals surface area contributed by atoms with E-state index in [0.717, 1.165) is 0 Å². The monoisotopic (exact) mass is 431 g/mol.